The van der Waals surface area contributed by atoms with E-state index in [0.29, 0.717) is 0 Å². The summed E-state index contributed by atoms with van der Waals surface area (Å²) in [6.45, 7) is 0. The number of hydrogen-bond donors (Lipinski definition) is 2. The van der Waals surface area contributed by atoms with Gasteiger partial charge in [-0.15, -0.1) is 0 Å². The number of nitrogens with zero attached hydrogens (tertiary/aromatic N) is 2. The first-order valence-corrected chi connectivity index (χ1v) is 4.89. The lowest BCUT2D eigenvalue weighted by atomic mass is 10.1. The van der Waals surface area contributed by atoms with Crippen LogP contribution in [-0.2, 0) is 12.8 Å². The van der Waals surface area contributed by atoms with Crippen molar-refractivity contribution in [3.63, 3.8) is 0 Å². The summed E-state index contributed by atoms with van der Waals surface area (Å²) in [5, 5.41) is 0. The maximum Gasteiger partial charge on any atom is 0.0921 e. The van der Waals surface area contributed by atoms with Crippen molar-refractivity contribution in [2.45, 2.75) is 25.7 Å². The van der Waals surface area contributed by atoms with Gasteiger partial charge in [-0.2, -0.15) is 0 Å². The molecular formula is C10H14N4. The number of aromatic amines is 2. The van der Waals surface area contributed by atoms with Gasteiger partial charge in [0.2, 0.25) is 0 Å². The first-order valence-electron chi connectivity index (χ1n) is 4.89. The van der Waals surface area contributed by atoms with Gasteiger partial charge in [-0.25, -0.2) is 9.97 Å². The Morgan fingerprint density at radius 3 is 1.71 bits per heavy atom. The van der Waals surface area contributed by atoms with Gasteiger partial charge in [0.15, 0.2) is 0 Å². The molecule has 0 spiro atoms. The number of aromatic nitrogens is 4. The van der Waals surface area contributed by atoms with E-state index in [1.165, 1.54) is 24.2 Å². The van der Waals surface area contributed by atoms with Crippen LogP contribution in [-0.4, -0.2) is 19.9 Å². The maximum atomic E-state index is 3.98. The molecule has 0 amide bonds. The van der Waals surface area contributed by atoms with Gasteiger partial charge in [0.05, 0.1) is 12.7 Å². The zero-order valence-electron chi connectivity index (χ0n) is 8.03. The molecule has 2 aromatic rings. The van der Waals surface area contributed by atoms with Gasteiger partial charge < -0.3 is 9.97 Å². The normalized spacial score (nSPS) is 10.6. The minimum Gasteiger partial charge on any atom is -0.348 e. The number of H-pyrrole nitrogens is 2. The van der Waals surface area contributed by atoms with Crippen molar-refractivity contribution in [2.24, 2.45) is 0 Å². The summed E-state index contributed by atoms with van der Waals surface area (Å²) in [6.07, 6.45) is 11.7. The Morgan fingerprint density at radius 2 is 1.36 bits per heavy atom. The summed E-state index contributed by atoms with van der Waals surface area (Å²) < 4.78 is 0. The van der Waals surface area contributed by atoms with Crippen LogP contribution < -0.4 is 0 Å². The molecule has 0 saturated carbocycles. The summed E-state index contributed by atoms with van der Waals surface area (Å²) in [6, 6.07) is 0. The van der Waals surface area contributed by atoms with E-state index < -0.39 is 0 Å². The summed E-state index contributed by atoms with van der Waals surface area (Å²) in [5.74, 6) is 0. The first-order chi connectivity index (χ1) is 6.95. The molecule has 2 rings (SSSR count). The second-order valence-electron chi connectivity index (χ2n) is 3.36. The van der Waals surface area contributed by atoms with Gasteiger partial charge in [-0.3, -0.25) is 0 Å². The van der Waals surface area contributed by atoms with Crippen LogP contribution in [0.5, 0.6) is 0 Å². The van der Waals surface area contributed by atoms with Crippen LogP contribution in [0.2, 0.25) is 0 Å². The Bertz CT molecular complexity index is 300. The molecule has 0 unspecified atom stereocenters. The molecule has 0 saturated heterocycles. The Kier molecular flexibility index (Phi) is 2.95. The highest BCUT2D eigenvalue weighted by Crippen LogP contribution is 2.04. The van der Waals surface area contributed by atoms with Crippen molar-refractivity contribution < 1.29 is 0 Å². The van der Waals surface area contributed by atoms with Crippen molar-refractivity contribution in [1.82, 2.24) is 19.9 Å². The summed E-state index contributed by atoms with van der Waals surface area (Å²) in [5.41, 5.74) is 2.43. The smallest absolute Gasteiger partial charge is 0.0921 e. The van der Waals surface area contributed by atoms with Crippen LogP contribution in [0.1, 0.15) is 24.2 Å². The van der Waals surface area contributed by atoms with Crippen LogP contribution in [0.4, 0.5) is 0 Å². The molecule has 0 aliphatic heterocycles. The molecule has 0 radical (unpaired) electrons. The second kappa shape index (κ2) is 4.60. The fraction of sp³-hybridized carbons (Fsp3) is 0.400. The molecule has 2 N–H and O–H groups in total. The number of imidazole rings is 2. The van der Waals surface area contributed by atoms with E-state index in [1.54, 1.807) is 12.7 Å². The molecule has 14 heavy (non-hydrogen) atoms. The molecule has 74 valence electrons. The van der Waals surface area contributed by atoms with Crippen molar-refractivity contribution in [3.8, 4) is 0 Å². The number of aryl methyl sites for hydroxylation is 2. The van der Waals surface area contributed by atoms with Crippen molar-refractivity contribution in [2.75, 3.05) is 0 Å². The molecule has 0 atom stereocenters. The third-order valence-corrected chi connectivity index (χ3v) is 2.25. The number of hydrogen-bond acceptors (Lipinski definition) is 2. The molecule has 0 bridgehead atoms. The summed E-state index contributed by atoms with van der Waals surface area (Å²) >= 11 is 0. The van der Waals surface area contributed by atoms with E-state index in [2.05, 4.69) is 19.9 Å². The number of unbranched alkanes of at least 4 members (excludes halogenated alkanes) is 1. The average Bonchev–Trinajstić information content (AvgIpc) is 2.86. The fourth-order valence-corrected chi connectivity index (χ4v) is 1.47. The first kappa shape index (κ1) is 8.99. The van der Waals surface area contributed by atoms with Gasteiger partial charge in [-0.05, 0) is 25.7 Å². The highest BCUT2D eigenvalue weighted by atomic mass is 14.9. The molecule has 0 fully saturated rings. The van der Waals surface area contributed by atoms with Crippen molar-refractivity contribution >= 4 is 0 Å². The molecule has 4 nitrogen and oxygen atoms in total. The van der Waals surface area contributed by atoms with Crippen molar-refractivity contribution in [1.29, 1.82) is 0 Å². The summed E-state index contributed by atoms with van der Waals surface area (Å²) in [4.78, 5) is 14.2. The SMILES string of the molecule is c1ncc(CCCCc2cnc[nH]2)[nH]1. The predicted octanol–water partition coefficient (Wildman–Crippen LogP) is 1.70. The quantitative estimate of drug-likeness (QED) is 0.705. The van der Waals surface area contributed by atoms with Gasteiger partial charge in [-0.1, -0.05) is 0 Å². The van der Waals surface area contributed by atoms with Crippen molar-refractivity contribution in [3.05, 3.63) is 36.4 Å². The zero-order chi connectivity index (χ0) is 9.64. The average molecular weight is 190 g/mol. The van der Waals surface area contributed by atoms with Crippen LogP contribution in [0, 0.1) is 0 Å². The molecule has 2 aromatic heterocycles. The molecule has 4 heteroatoms. The maximum absolute atomic E-state index is 3.98. The minimum atomic E-state index is 1.08. The summed E-state index contributed by atoms with van der Waals surface area (Å²) in [7, 11) is 0. The zero-order valence-corrected chi connectivity index (χ0v) is 8.03. The topological polar surface area (TPSA) is 57.4 Å². The van der Waals surface area contributed by atoms with Gasteiger partial charge in [0, 0.05) is 23.8 Å². The highest BCUT2D eigenvalue weighted by Gasteiger charge is 1.96. The van der Waals surface area contributed by atoms with E-state index in [-0.39, 0.29) is 0 Å². The van der Waals surface area contributed by atoms with Crippen LogP contribution >= 0.6 is 0 Å². The fourth-order valence-electron chi connectivity index (χ4n) is 1.47. The van der Waals surface area contributed by atoms with Gasteiger partial charge in [0.25, 0.3) is 0 Å². The van der Waals surface area contributed by atoms with E-state index >= 15 is 0 Å². The Morgan fingerprint density at radius 1 is 0.857 bits per heavy atom. The molecule has 2 heterocycles. The lowest BCUT2D eigenvalue weighted by molar-refractivity contribution is 0.717. The highest BCUT2D eigenvalue weighted by molar-refractivity contribution is 4.96. The van der Waals surface area contributed by atoms with Gasteiger partial charge >= 0.3 is 0 Å². The lowest BCUT2D eigenvalue weighted by Gasteiger charge is -1.97. The van der Waals surface area contributed by atoms with Crippen LogP contribution in [0.3, 0.4) is 0 Å². The Hall–Kier alpha value is -1.58. The van der Waals surface area contributed by atoms with E-state index in [1.807, 2.05) is 12.4 Å². The van der Waals surface area contributed by atoms with E-state index in [9.17, 15) is 0 Å². The van der Waals surface area contributed by atoms with E-state index in [0.717, 1.165) is 12.8 Å². The third-order valence-electron chi connectivity index (χ3n) is 2.25. The molecule has 0 aromatic carbocycles. The van der Waals surface area contributed by atoms with Gasteiger partial charge in [0.1, 0.15) is 0 Å². The monoisotopic (exact) mass is 190 g/mol. The third kappa shape index (κ3) is 2.45. The van der Waals surface area contributed by atoms with Crippen LogP contribution in [0.15, 0.2) is 25.0 Å². The van der Waals surface area contributed by atoms with E-state index in [4.69, 9.17) is 0 Å². The number of rotatable bonds is 5. The minimum absolute atomic E-state index is 1.08. The predicted molar refractivity (Wildman–Crippen MR) is 53.8 cm³/mol. The van der Waals surface area contributed by atoms with Crippen LogP contribution in [0.25, 0.3) is 0 Å². The second-order valence-corrected chi connectivity index (χ2v) is 3.36. The largest absolute Gasteiger partial charge is 0.348 e. The molecular weight excluding hydrogens is 176 g/mol. The Labute approximate surface area is 82.8 Å². The Balaban J connectivity index is 1.65. The molecule has 0 aliphatic rings. The standard InChI is InChI=1S/C10H14N4/c1(3-9-5-11-7-13-9)2-4-10-6-12-8-14-10/h5-8H,1-4H2,(H,11,13)(H,12,14). The number of nitrogens with one attached hydrogen (secondary N) is 2. The molecule has 0 aliphatic carbocycles. The lowest BCUT2D eigenvalue weighted by Crippen LogP contribution is -1.89.